The van der Waals surface area contributed by atoms with Gasteiger partial charge in [0.25, 0.3) is 5.91 Å². The number of nitrogens with zero attached hydrogens (tertiary/aromatic N) is 2. The Kier molecular flexibility index (Phi) is 5.27. The first-order valence-electron chi connectivity index (χ1n) is 9.92. The molecule has 3 aliphatic heterocycles. The third-order valence-electron chi connectivity index (χ3n) is 6.41. The van der Waals surface area contributed by atoms with Crippen LogP contribution < -0.4 is 0 Å². The maximum Gasteiger partial charge on any atom is 0.312 e. The number of amides is 1. The summed E-state index contributed by atoms with van der Waals surface area (Å²) < 4.78 is 5.73. The molecule has 4 rings (SSSR count). The van der Waals surface area contributed by atoms with Gasteiger partial charge >= 0.3 is 5.97 Å². The number of aryl methyl sites for hydroxylation is 1. The molecule has 0 aromatic carbocycles. The van der Waals surface area contributed by atoms with Crippen molar-refractivity contribution in [1.29, 1.82) is 0 Å². The molecule has 1 aromatic heterocycles. The summed E-state index contributed by atoms with van der Waals surface area (Å²) in [4.78, 5) is 30.3. The monoisotopic (exact) mass is 392 g/mol. The first kappa shape index (κ1) is 18.9. The van der Waals surface area contributed by atoms with Crippen molar-refractivity contribution in [3.05, 3.63) is 21.9 Å². The van der Waals surface area contributed by atoms with Crippen LogP contribution in [0.15, 0.2) is 11.4 Å². The standard InChI is InChI=1S/C20H28N2O4S/c1-14-4-11-27-17(14)18(24)22-9-5-20(6-10-22)12-16(26-19(20)25)13-21-7-2-15(23)3-8-21/h4,11,15-16,23H,2-3,5-10,12-13H2,1H3. The summed E-state index contributed by atoms with van der Waals surface area (Å²) in [5.41, 5.74) is 0.610. The number of hydrogen-bond donors (Lipinski definition) is 1. The molecule has 1 N–H and O–H groups in total. The maximum absolute atomic E-state index is 12.7. The molecule has 1 unspecified atom stereocenters. The first-order chi connectivity index (χ1) is 13.0. The van der Waals surface area contributed by atoms with Gasteiger partial charge in [-0.2, -0.15) is 0 Å². The molecule has 0 saturated carbocycles. The third-order valence-corrected chi connectivity index (χ3v) is 7.41. The van der Waals surface area contributed by atoms with Crippen LogP contribution in [-0.4, -0.2) is 71.7 Å². The van der Waals surface area contributed by atoms with Crippen LogP contribution in [0.4, 0.5) is 0 Å². The second-order valence-electron chi connectivity index (χ2n) is 8.27. The van der Waals surface area contributed by atoms with Gasteiger partial charge in [-0.1, -0.05) is 0 Å². The van der Waals surface area contributed by atoms with Gasteiger partial charge in [-0.25, -0.2) is 0 Å². The Morgan fingerprint density at radius 1 is 1.30 bits per heavy atom. The lowest BCUT2D eigenvalue weighted by atomic mass is 9.76. The second-order valence-corrected chi connectivity index (χ2v) is 9.18. The zero-order valence-electron chi connectivity index (χ0n) is 15.9. The number of esters is 1. The lowest BCUT2D eigenvalue weighted by Gasteiger charge is -2.36. The highest BCUT2D eigenvalue weighted by Gasteiger charge is 2.51. The minimum Gasteiger partial charge on any atom is -0.461 e. The zero-order valence-corrected chi connectivity index (χ0v) is 16.7. The average molecular weight is 393 g/mol. The van der Waals surface area contributed by atoms with E-state index in [1.54, 1.807) is 0 Å². The lowest BCUT2D eigenvalue weighted by Crippen LogP contribution is -2.45. The molecule has 0 radical (unpaired) electrons. The SMILES string of the molecule is Cc1ccsc1C(=O)N1CCC2(CC1)CC(CN1CCC(O)CC1)OC2=O. The molecule has 0 aliphatic carbocycles. The maximum atomic E-state index is 12.7. The smallest absolute Gasteiger partial charge is 0.312 e. The number of aliphatic hydroxyl groups is 1. The molecular formula is C20H28N2O4S. The van der Waals surface area contributed by atoms with Crippen LogP contribution in [0, 0.1) is 12.3 Å². The van der Waals surface area contributed by atoms with Crippen molar-refractivity contribution in [3.8, 4) is 0 Å². The third kappa shape index (κ3) is 3.77. The summed E-state index contributed by atoms with van der Waals surface area (Å²) in [5.74, 6) is 0.0103. The highest BCUT2D eigenvalue weighted by molar-refractivity contribution is 7.12. The fourth-order valence-electron chi connectivity index (χ4n) is 4.61. The van der Waals surface area contributed by atoms with Gasteiger partial charge in [0.15, 0.2) is 0 Å². The Hall–Kier alpha value is -1.44. The fourth-order valence-corrected chi connectivity index (χ4v) is 5.50. The molecule has 6 nitrogen and oxygen atoms in total. The lowest BCUT2D eigenvalue weighted by molar-refractivity contribution is -0.151. The number of cyclic esters (lactones) is 1. The number of aliphatic hydroxyl groups excluding tert-OH is 1. The Balaban J connectivity index is 1.33. The molecule has 4 heterocycles. The minimum atomic E-state index is -0.415. The number of thiophene rings is 1. The summed E-state index contributed by atoms with van der Waals surface area (Å²) in [5, 5.41) is 11.6. The van der Waals surface area contributed by atoms with Crippen LogP contribution in [0.25, 0.3) is 0 Å². The molecule has 3 aliphatic rings. The van der Waals surface area contributed by atoms with Crippen molar-refractivity contribution in [2.75, 3.05) is 32.7 Å². The number of carbonyl (C=O) groups is 2. The highest BCUT2D eigenvalue weighted by atomic mass is 32.1. The van der Waals surface area contributed by atoms with E-state index in [-0.39, 0.29) is 24.1 Å². The van der Waals surface area contributed by atoms with Gasteiger partial charge < -0.3 is 14.7 Å². The Labute approximate surface area is 164 Å². The van der Waals surface area contributed by atoms with E-state index in [2.05, 4.69) is 4.90 Å². The van der Waals surface area contributed by atoms with Crippen molar-refractivity contribution in [2.24, 2.45) is 5.41 Å². The highest BCUT2D eigenvalue weighted by Crippen LogP contribution is 2.43. The first-order valence-corrected chi connectivity index (χ1v) is 10.8. The number of rotatable bonds is 3. The molecule has 27 heavy (non-hydrogen) atoms. The number of piperidine rings is 2. The molecule has 1 aromatic rings. The molecule has 148 valence electrons. The fraction of sp³-hybridized carbons (Fsp3) is 0.700. The van der Waals surface area contributed by atoms with Gasteiger partial charge in [0, 0.05) is 39.1 Å². The van der Waals surface area contributed by atoms with Crippen LogP contribution in [0.2, 0.25) is 0 Å². The van der Waals surface area contributed by atoms with Crippen molar-refractivity contribution in [2.45, 2.75) is 51.2 Å². The Morgan fingerprint density at radius 3 is 2.63 bits per heavy atom. The van der Waals surface area contributed by atoms with E-state index < -0.39 is 5.41 Å². The topological polar surface area (TPSA) is 70.1 Å². The quantitative estimate of drug-likeness (QED) is 0.798. The van der Waals surface area contributed by atoms with E-state index in [1.165, 1.54) is 11.3 Å². The number of likely N-dealkylation sites (tertiary alicyclic amines) is 2. The summed E-state index contributed by atoms with van der Waals surface area (Å²) in [6.07, 6.45) is 3.48. The average Bonchev–Trinajstić information content (AvgIpc) is 3.21. The predicted octanol–water partition coefficient (Wildman–Crippen LogP) is 2.05. The van der Waals surface area contributed by atoms with E-state index in [0.29, 0.717) is 25.9 Å². The van der Waals surface area contributed by atoms with Crippen LogP contribution in [0.3, 0.4) is 0 Å². The van der Waals surface area contributed by atoms with Crippen LogP contribution in [-0.2, 0) is 9.53 Å². The Morgan fingerprint density at radius 2 is 2.00 bits per heavy atom. The van der Waals surface area contributed by atoms with Crippen molar-refractivity contribution in [1.82, 2.24) is 9.80 Å². The van der Waals surface area contributed by atoms with Crippen LogP contribution >= 0.6 is 11.3 Å². The van der Waals surface area contributed by atoms with Crippen molar-refractivity contribution >= 4 is 23.2 Å². The summed E-state index contributed by atoms with van der Waals surface area (Å²) >= 11 is 1.49. The van der Waals surface area contributed by atoms with Crippen molar-refractivity contribution < 1.29 is 19.4 Å². The summed E-state index contributed by atoms with van der Waals surface area (Å²) in [7, 11) is 0. The van der Waals surface area contributed by atoms with Crippen LogP contribution in [0.5, 0.6) is 0 Å². The molecule has 1 spiro atoms. The van der Waals surface area contributed by atoms with E-state index in [1.807, 2.05) is 23.3 Å². The summed E-state index contributed by atoms with van der Waals surface area (Å²) in [6, 6.07) is 1.97. The van der Waals surface area contributed by atoms with E-state index >= 15 is 0 Å². The number of hydrogen-bond acceptors (Lipinski definition) is 6. The predicted molar refractivity (Wildman–Crippen MR) is 103 cm³/mol. The van der Waals surface area contributed by atoms with Gasteiger partial charge in [0.2, 0.25) is 0 Å². The molecular weight excluding hydrogens is 364 g/mol. The minimum absolute atomic E-state index is 0.0606. The van der Waals surface area contributed by atoms with Crippen LogP contribution in [0.1, 0.15) is 47.3 Å². The van der Waals surface area contributed by atoms with Gasteiger partial charge in [-0.15, -0.1) is 11.3 Å². The molecule has 3 fully saturated rings. The number of carbonyl (C=O) groups excluding carboxylic acids is 2. The largest absolute Gasteiger partial charge is 0.461 e. The van der Waals surface area contributed by atoms with E-state index in [0.717, 1.165) is 49.3 Å². The normalized spacial score (nSPS) is 26.5. The van der Waals surface area contributed by atoms with Gasteiger partial charge in [0.05, 0.1) is 16.4 Å². The summed E-state index contributed by atoms with van der Waals surface area (Å²) in [6.45, 7) is 5.70. The van der Waals surface area contributed by atoms with E-state index in [4.69, 9.17) is 4.74 Å². The molecule has 3 saturated heterocycles. The van der Waals surface area contributed by atoms with Crippen molar-refractivity contribution in [3.63, 3.8) is 0 Å². The van der Waals surface area contributed by atoms with Gasteiger partial charge in [-0.05, 0) is 49.6 Å². The zero-order chi connectivity index (χ0) is 19.0. The molecule has 7 heteroatoms. The second kappa shape index (κ2) is 7.53. The van der Waals surface area contributed by atoms with E-state index in [9.17, 15) is 14.7 Å². The van der Waals surface area contributed by atoms with Gasteiger partial charge in [-0.3, -0.25) is 14.5 Å². The molecule has 1 atom stereocenters. The number of ether oxygens (including phenoxy) is 1. The molecule has 1 amide bonds. The van der Waals surface area contributed by atoms with Gasteiger partial charge in [0.1, 0.15) is 6.10 Å². The molecule has 0 bridgehead atoms. The Bertz CT molecular complexity index is 703.